The molecule has 2 aromatic carbocycles. The largest absolute Gasteiger partial charge is 0.336 e. The SMILES string of the molecule is O=C(N1C2CCC1CC(S(=O)(=O)c1ccccc1)C2)C1(c2ccc(Cl)cc2)CCCC1. The van der Waals surface area contributed by atoms with Gasteiger partial charge in [0.15, 0.2) is 9.84 Å². The van der Waals surface area contributed by atoms with Crippen LogP contribution in [-0.4, -0.2) is 36.6 Å². The van der Waals surface area contributed by atoms with Crippen LogP contribution in [0.4, 0.5) is 0 Å². The number of sulfone groups is 1. The molecule has 4 nitrogen and oxygen atoms in total. The summed E-state index contributed by atoms with van der Waals surface area (Å²) >= 11 is 6.11. The fraction of sp³-hybridized carbons (Fsp3) is 0.480. The van der Waals surface area contributed by atoms with E-state index in [-0.39, 0.29) is 18.0 Å². The van der Waals surface area contributed by atoms with Crippen LogP contribution >= 0.6 is 11.6 Å². The first kappa shape index (κ1) is 21.0. The summed E-state index contributed by atoms with van der Waals surface area (Å²) in [5, 5.41) is 0.267. The summed E-state index contributed by atoms with van der Waals surface area (Å²) in [5.74, 6) is 0.204. The van der Waals surface area contributed by atoms with Gasteiger partial charge in [-0.3, -0.25) is 4.79 Å². The van der Waals surface area contributed by atoms with Gasteiger partial charge in [-0.2, -0.15) is 0 Å². The van der Waals surface area contributed by atoms with E-state index in [4.69, 9.17) is 11.6 Å². The number of hydrogen-bond donors (Lipinski definition) is 0. The third-order valence-electron chi connectivity index (χ3n) is 7.70. The molecule has 0 aromatic heterocycles. The Balaban J connectivity index is 1.42. The van der Waals surface area contributed by atoms with Crippen molar-refractivity contribution in [1.82, 2.24) is 4.90 Å². The molecule has 31 heavy (non-hydrogen) atoms. The summed E-state index contributed by atoms with van der Waals surface area (Å²) in [6.45, 7) is 0. The monoisotopic (exact) mass is 457 g/mol. The first-order valence-corrected chi connectivity index (χ1v) is 13.2. The van der Waals surface area contributed by atoms with E-state index in [2.05, 4.69) is 4.90 Å². The minimum absolute atomic E-state index is 0.0134. The second kappa shape index (κ2) is 7.93. The van der Waals surface area contributed by atoms with Crippen LogP contribution in [0.3, 0.4) is 0 Å². The number of carbonyl (C=O) groups is 1. The van der Waals surface area contributed by atoms with Crippen molar-refractivity contribution < 1.29 is 13.2 Å². The van der Waals surface area contributed by atoms with Crippen LogP contribution in [0.2, 0.25) is 5.02 Å². The van der Waals surface area contributed by atoms with E-state index in [0.717, 1.165) is 44.1 Å². The molecule has 2 aromatic rings. The molecule has 6 heteroatoms. The molecule has 1 aliphatic carbocycles. The van der Waals surface area contributed by atoms with Crippen molar-refractivity contribution in [2.75, 3.05) is 0 Å². The Bertz CT molecular complexity index is 1050. The van der Waals surface area contributed by atoms with Gasteiger partial charge >= 0.3 is 0 Å². The second-order valence-corrected chi connectivity index (χ2v) is 12.0. The molecular formula is C25H28ClNO3S. The molecule has 2 heterocycles. The highest BCUT2D eigenvalue weighted by Gasteiger charge is 2.53. The van der Waals surface area contributed by atoms with Crippen molar-refractivity contribution in [1.29, 1.82) is 0 Å². The topological polar surface area (TPSA) is 54.5 Å². The van der Waals surface area contributed by atoms with Gasteiger partial charge in [0.25, 0.3) is 0 Å². The first-order chi connectivity index (χ1) is 14.9. The molecule has 5 rings (SSSR count). The number of piperidine rings is 1. The van der Waals surface area contributed by atoms with Crippen molar-refractivity contribution in [3.8, 4) is 0 Å². The van der Waals surface area contributed by atoms with E-state index in [1.807, 2.05) is 30.3 Å². The van der Waals surface area contributed by atoms with E-state index in [0.29, 0.717) is 22.8 Å². The van der Waals surface area contributed by atoms with Gasteiger partial charge in [-0.15, -0.1) is 0 Å². The van der Waals surface area contributed by atoms with Crippen molar-refractivity contribution in [3.63, 3.8) is 0 Å². The molecule has 2 bridgehead atoms. The Hall–Kier alpha value is -1.85. The number of rotatable bonds is 4. The predicted molar refractivity (Wildman–Crippen MR) is 122 cm³/mol. The molecule has 2 atom stereocenters. The number of halogens is 1. The molecule has 1 saturated carbocycles. The van der Waals surface area contributed by atoms with Crippen molar-refractivity contribution in [2.24, 2.45) is 0 Å². The van der Waals surface area contributed by atoms with Gasteiger partial charge in [-0.05, 0) is 68.4 Å². The standard InChI is InChI=1S/C25H28ClNO3S/c26-19-10-8-18(9-11-19)25(14-4-5-15-25)24(28)27-20-12-13-21(27)17-23(16-20)31(29,30)22-6-2-1-3-7-22/h1-3,6-11,20-21,23H,4-5,12-17H2. The van der Waals surface area contributed by atoms with Crippen LogP contribution in [0, 0.1) is 0 Å². The third-order valence-corrected chi connectivity index (χ3v) is 10.1. The minimum atomic E-state index is -3.38. The molecule has 0 N–H and O–H groups in total. The maximum atomic E-state index is 14.0. The van der Waals surface area contributed by atoms with Crippen LogP contribution in [0.15, 0.2) is 59.5 Å². The number of amides is 1. The van der Waals surface area contributed by atoms with Gasteiger partial charge in [-0.1, -0.05) is 54.8 Å². The summed E-state index contributed by atoms with van der Waals surface area (Å²) in [6.07, 6.45) is 6.67. The maximum Gasteiger partial charge on any atom is 0.233 e. The number of nitrogens with zero attached hydrogens (tertiary/aromatic N) is 1. The van der Waals surface area contributed by atoms with Crippen molar-refractivity contribution >= 4 is 27.3 Å². The number of carbonyl (C=O) groups excluding carboxylic acids is 1. The molecule has 0 radical (unpaired) electrons. The highest BCUT2D eigenvalue weighted by molar-refractivity contribution is 7.92. The highest BCUT2D eigenvalue weighted by atomic mass is 35.5. The zero-order valence-corrected chi connectivity index (χ0v) is 19.1. The zero-order chi connectivity index (χ0) is 21.6. The van der Waals surface area contributed by atoms with E-state index < -0.39 is 20.5 Å². The lowest BCUT2D eigenvalue weighted by atomic mass is 9.76. The minimum Gasteiger partial charge on any atom is -0.336 e. The van der Waals surface area contributed by atoms with E-state index in [9.17, 15) is 13.2 Å². The number of hydrogen-bond acceptors (Lipinski definition) is 3. The molecule has 1 amide bonds. The van der Waals surface area contributed by atoms with Gasteiger partial charge < -0.3 is 4.90 Å². The fourth-order valence-corrected chi connectivity index (χ4v) is 8.13. The first-order valence-electron chi connectivity index (χ1n) is 11.3. The number of benzene rings is 2. The second-order valence-electron chi connectivity index (χ2n) is 9.35. The van der Waals surface area contributed by atoms with Crippen LogP contribution in [0.25, 0.3) is 0 Å². The Morgan fingerprint density at radius 2 is 1.48 bits per heavy atom. The summed E-state index contributed by atoms with van der Waals surface area (Å²) in [6, 6.07) is 16.5. The Kier molecular flexibility index (Phi) is 5.38. The normalized spacial score (nSPS) is 27.4. The van der Waals surface area contributed by atoms with E-state index in [1.54, 1.807) is 24.3 Å². The zero-order valence-electron chi connectivity index (χ0n) is 17.5. The molecule has 3 aliphatic rings. The smallest absolute Gasteiger partial charge is 0.233 e. The highest BCUT2D eigenvalue weighted by Crippen LogP contribution is 2.48. The lowest BCUT2D eigenvalue weighted by Gasteiger charge is -2.43. The average molecular weight is 458 g/mol. The molecule has 0 spiro atoms. The molecule has 164 valence electrons. The lowest BCUT2D eigenvalue weighted by molar-refractivity contribution is -0.141. The summed E-state index contributed by atoms with van der Waals surface area (Å²) < 4.78 is 26.5. The van der Waals surface area contributed by atoms with Crippen LogP contribution < -0.4 is 0 Å². The lowest BCUT2D eigenvalue weighted by Crippen LogP contribution is -2.55. The van der Waals surface area contributed by atoms with Crippen LogP contribution in [0.5, 0.6) is 0 Å². The Morgan fingerprint density at radius 3 is 2.06 bits per heavy atom. The van der Waals surface area contributed by atoms with Gasteiger partial charge in [-0.25, -0.2) is 8.42 Å². The van der Waals surface area contributed by atoms with Gasteiger partial charge in [0.05, 0.1) is 15.6 Å². The number of fused-ring (bicyclic) bond motifs is 2. The van der Waals surface area contributed by atoms with Crippen molar-refractivity contribution in [3.05, 3.63) is 65.2 Å². The summed E-state index contributed by atoms with van der Waals surface area (Å²) in [7, 11) is -3.38. The summed E-state index contributed by atoms with van der Waals surface area (Å²) in [5.41, 5.74) is 0.564. The maximum absolute atomic E-state index is 14.0. The summed E-state index contributed by atoms with van der Waals surface area (Å²) in [4.78, 5) is 16.5. The predicted octanol–water partition coefficient (Wildman–Crippen LogP) is 5.15. The van der Waals surface area contributed by atoms with Gasteiger partial charge in [0.1, 0.15) is 0 Å². The Labute approximate surface area is 189 Å². The molecule has 2 saturated heterocycles. The van der Waals surface area contributed by atoms with Crippen molar-refractivity contribution in [2.45, 2.75) is 79.0 Å². The van der Waals surface area contributed by atoms with Crippen LogP contribution in [-0.2, 0) is 20.0 Å². The molecule has 2 aliphatic heterocycles. The van der Waals surface area contributed by atoms with Gasteiger partial charge in [0.2, 0.25) is 5.91 Å². The molecule has 3 fully saturated rings. The van der Waals surface area contributed by atoms with Gasteiger partial charge in [0, 0.05) is 17.1 Å². The van der Waals surface area contributed by atoms with E-state index >= 15 is 0 Å². The quantitative estimate of drug-likeness (QED) is 0.638. The Morgan fingerprint density at radius 1 is 0.903 bits per heavy atom. The van der Waals surface area contributed by atoms with Crippen LogP contribution in [0.1, 0.15) is 56.9 Å². The fourth-order valence-electron chi connectivity index (χ4n) is 6.14. The average Bonchev–Trinajstić information content (AvgIpc) is 3.37. The molecular weight excluding hydrogens is 430 g/mol. The van der Waals surface area contributed by atoms with E-state index in [1.165, 1.54) is 0 Å². The third kappa shape index (κ3) is 3.50. The molecule has 2 unspecified atom stereocenters.